The minimum Gasteiger partial charge on any atom is -0.355 e. The summed E-state index contributed by atoms with van der Waals surface area (Å²) in [5.41, 5.74) is 0.422. The number of hydrogen-bond acceptors (Lipinski definition) is 3. The van der Waals surface area contributed by atoms with Crippen molar-refractivity contribution < 1.29 is 22.8 Å². The molecular weight excluding hydrogens is 395 g/mol. The predicted octanol–water partition coefficient (Wildman–Crippen LogP) is 3.79. The van der Waals surface area contributed by atoms with E-state index in [1.54, 1.807) is 43.3 Å². The summed E-state index contributed by atoms with van der Waals surface area (Å²) in [5.74, 6) is -0.652. The van der Waals surface area contributed by atoms with E-state index >= 15 is 0 Å². The lowest BCUT2D eigenvalue weighted by molar-refractivity contribution is -0.137. The predicted molar refractivity (Wildman–Crippen MR) is 101 cm³/mol. The Morgan fingerprint density at radius 2 is 1.75 bits per heavy atom. The van der Waals surface area contributed by atoms with Crippen molar-refractivity contribution >= 4 is 29.1 Å². The van der Waals surface area contributed by atoms with Crippen LogP contribution in [0, 0.1) is 0 Å². The summed E-state index contributed by atoms with van der Waals surface area (Å²) in [6.07, 6.45) is -4.60. The third-order valence-corrected chi connectivity index (χ3v) is 4.19. The first-order chi connectivity index (χ1) is 13.1. The van der Waals surface area contributed by atoms with Gasteiger partial charge in [0, 0.05) is 24.8 Å². The molecule has 2 aromatic carbocycles. The van der Waals surface area contributed by atoms with E-state index in [-0.39, 0.29) is 18.1 Å². The summed E-state index contributed by atoms with van der Waals surface area (Å²) in [4.78, 5) is 25.3. The molecule has 28 heavy (non-hydrogen) atoms. The number of rotatable bonds is 6. The number of nitrogens with zero attached hydrogens (tertiary/aromatic N) is 1. The fourth-order valence-corrected chi connectivity index (χ4v) is 2.76. The van der Waals surface area contributed by atoms with Crippen molar-refractivity contribution in [1.82, 2.24) is 10.2 Å². The molecule has 2 aromatic rings. The molecule has 0 radical (unpaired) electrons. The van der Waals surface area contributed by atoms with Gasteiger partial charge in [0.25, 0.3) is 5.91 Å². The minimum atomic E-state index is -4.60. The summed E-state index contributed by atoms with van der Waals surface area (Å²) in [6, 6.07) is 10.1. The number of alkyl halides is 3. The number of likely N-dealkylation sites (N-methyl/N-ethyl adjacent to an activating group) is 1. The van der Waals surface area contributed by atoms with Crippen molar-refractivity contribution in [3.05, 3.63) is 64.2 Å². The van der Waals surface area contributed by atoms with E-state index in [9.17, 15) is 22.8 Å². The first-order valence-corrected chi connectivity index (χ1v) is 8.64. The average Bonchev–Trinajstić information content (AvgIpc) is 2.62. The fraction of sp³-hybridized carbons (Fsp3) is 0.263. The zero-order valence-corrected chi connectivity index (χ0v) is 16.0. The van der Waals surface area contributed by atoms with Gasteiger partial charge < -0.3 is 10.6 Å². The molecule has 0 atom stereocenters. The number of benzene rings is 2. The molecule has 0 aromatic heterocycles. The summed E-state index contributed by atoms with van der Waals surface area (Å²) in [6.45, 7) is 0.400. The first kappa shape index (κ1) is 21.7. The molecule has 2 rings (SSSR count). The van der Waals surface area contributed by atoms with Crippen LogP contribution >= 0.6 is 11.6 Å². The second-order valence-electron chi connectivity index (χ2n) is 6.19. The van der Waals surface area contributed by atoms with Gasteiger partial charge >= 0.3 is 6.18 Å². The van der Waals surface area contributed by atoms with Crippen LogP contribution in [-0.2, 0) is 17.5 Å². The third-order valence-electron chi connectivity index (χ3n) is 3.86. The van der Waals surface area contributed by atoms with Crippen LogP contribution in [0.2, 0.25) is 5.02 Å². The van der Waals surface area contributed by atoms with Gasteiger partial charge in [-0.1, -0.05) is 23.7 Å². The second-order valence-corrected chi connectivity index (χ2v) is 6.60. The highest BCUT2D eigenvalue weighted by molar-refractivity contribution is 6.31. The number of halogens is 4. The molecule has 2 N–H and O–H groups in total. The molecule has 0 unspecified atom stereocenters. The molecule has 0 saturated carbocycles. The Labute approximate surface area is 165 Å². The molecule has 0 aliphatic carbocycles. The van der Waals surface area contributed by atoms with Crippen molar-refractivity contribution in [3.8, 4) is 0 Å². The third kappa shape index (κ3) is 5.97. The van der Waals surface area contributed by atoms with Crippen LogP contribution in [0.5, 0.6) is 0 Å². The molecule has 0 bridgehead atoms. The zero-order valence-electron chi connectivity index (χ0n) is 15.2. The smallest absolute Gasteiger partial charge is 0.355 e. The Hall–Kier alpha value is -2.58. The number of anilines is 1. The maximum absolute atomic E-state index is 12.9. The molecule has 150 valence electrons. The maximum atomic E-state index is 12.9. The lowest BCUT2D eigenvalue weighted by atomic mass is 10.1. The number of carbonyl (C=O) groups excluding carboxylic acids is 2. The Balaban J connectivity index is 1.95. The summed E-state index contributed by atoms with van der Waals surface area (Å²) >= 11 is 5.57. The van der Waals surface area contributed by atoms with Crippen molar-refractivity contribution in [2.45, 2.75) is 12.7 Å². The normalized spacial score (nSPS) is 11.4. The molecule has 0 spiro atoms. The van der Waals surface area contributed by atoms with Crippen molar-refractivity contribution in [2.24, 2.45) is 0 Å². The maximum Gasteiger partial charge on any atom is 0.417 e. The molecule has 0 aliphatic rings. The van der Waals surface area contributed by atoms with Gasteiger partial charge in [-0.05, 0) is 42.9 Å². The monoisotopic (exact) mass is 413 g/mol. The molecule has 9 heteroatoms. The van der Waals surface area contributed by atoms with E-state index in [4.69, 9.17) is 11.6 Å². The van der Waals surface area contributed by atoms with Crippen LogP contribution < -0.4 is 10.6 Å². The largest absolute Gasteiger partial charge is 0.417 e. The van der Waals surface area contributed by atoms with Gasteiger partial charge in [0.15, 0.2) is 0 Å². The Kier molecular flexibility index (Phi) is 7.04. The molecule has 0 heterocycles. The van der Waals surface area contributed by atoms with E-state index < -0.39 is 22.7 Å². The summed E-state index contributed by atoms with van der Waals surface area (Å²) in [5, 5.41) is 4.54. The van der Waals surface area contributed by atoms with Gasteiger partial charge in [0.05, 0.1) is 17.1 Å². The minimum absolute atomic E-state index is 0.0186. The van der Waals surface area contributed by atoms with Crippen LogP contribution in [0.4, 0.5) is 18.9 Å². The first-order valence-electron chi connectivity index (χ1n) is 8.26. The number of carbonyl (C=O) groups is 2. The molecule has 0 aliphatic heterocycles. The Bertz CT molecular complexity index is 854. The molecule has 0 fully saturated rings. The van der Waals surface area contributed by atoms with Gasteiger partial charge in [-0.3, -0.25) is 14.5 Å². The standard InChI is InChI=1S/C19H19ClF3N3O2/c1-24-18(28)13-5-3-12(4-6-13)10-26(2)11-17(27)25-14-7-8-16(20)15(9-14)19(21,22)23/h3-9H,10-11H2,1-2H3,(H,24,28)(H,25,27). The topological polar surface area (TPSA) is 61.4 Å². The van der Waals surface area contributed by atoms with Crippen LogP contribution in [-0.4, -0.2) is 37.4 Å². The van der Waals surface area contributed by atoms with Gasteiger partial charge in [-0.15, -0.1) is 0 Å². The quantitative estimate of drug-likeness (QED) is 0.757. The SMILES string of the molecule is CNC(=O)c1ccc(CN(C)CC(=O)Nc2ccc(Cl)c(C(F)(F)F)c2)cc1. The average molecular weight is 414 g/mol. The highest BCUT2D eigenvalue weighted by Gasteiger charge is 2.33. The van der Waals surface area contributed by atoms with Crippen molar-refractivity contribution in [3.63, 3.8) is 0 Å². The van der Waals surface area contributed by atoms with Gasteiger partial charge in [-0.2, -0.15) is 13.2 Å². The molecule has 0 saturated heterocycles. The van der Waals surface area contributed by atoms with E-state index in [0.717, 1.165) is 17.7 Å². The van der Waals surface area contributed by atoms with Gasteiger partial charge in [0.2, 0.25) is 5.91 Å². The van der Waals surface area contributed by atoms with Crippen LogP contribution in [0.15, 0.2) is 42.5 Å². The van der Waals surface area contributed by atoms with Crippen LogP contribution in [0.3, 0.4) is 0 Å². The van der Waals surface area contributed by atoms with Crippen LogP contribution in [0.25, 0.3) is 0 Å². The summed E-state index contributed by atoms with van der Waals surface area (Å²) < 4.78 is 38.7. The Morgan fingerprint density at radius 1 is 1.11 bits per heavy atom. The number of amides is 2. The van der Waals surface area contributed by atoms with E-state index in [1.165, 1.54) is 6.07 Å². The fourth-order valence-electron chi connectivity index (χ4n) is 2.54. The van der Waals surface area contributed by atoms with E-state index in [1.807, 2.05) is 0 Å². The van der Waals surface area contributed by atoms with E-state index in [2.05, 4.69) is 10.6 Å². The molecule has 2 amide bonds. The van der Waals surface area contributed by atoms with Crippen molar-refractivity contribution in [1.29, 1.82) is 0 Å². The zero-order chi connectivity index (χ0) is 20.9. The van der Waals surface area contributed by atoms with Gasteiger partial charge in [-0.25, -0.2) is 0 Å². The summed E-state index contributed by atoms with van der Waals surface area (Å²) in [7, 11) is 3.25. The molecule has 5 nitrogen and oxygen atoms in total. The molecular formula is C19H19ClF3N3O2. The number of nitrogens with one attached hydrogen (secondary N) is 2. The second kappa shape index (κ2) is 9.07. The van der Waals surface area contributed by atoms with Crippen LogP contribution in [0.1, 0.15) is 21.5 Å². The lowest BCUT2D eigenvalue weighted by Gasteiger charge is -2.17. The van der Waals surface area contributed by atoms with E-state index in [0.29, 0.717) is 12.1 Å². The number of hydrogen-bond donors (Lipinski definition) is 2. The highest BCUT2D eigenvalue weighted by Crippen LogP contribution is 2.36. The van der Waals surface area contributed by atoms with Gasteiger partial charge in [0.1, 0.15) is 0 Å². The van der Waals surface area contributed by atoms with Crippen molar-refractivity contribution in [2.75, 3.05) is 26.0 Å². The Morgan fingerprint density at radius 3 is 2.32 bits per heavy atom. The highest BCUT2D eigenvalue weighted by atomic mass is 35.5. The lowest BCUT2D eigenvalue weighted by Crippen LogP contribution is -2.30.